The Balaban J connectivity index is 2.06. The average Bonchev–Trinajstić information content (AvgIpc) is 2.72. The molecule has 8 heteroatoms. The third kappa shape index (κ3) is 2.94. The zero-order chi connectivity index (χ0) is 13.1. The standard InChI is InChI=1S/C10H9IN4O3/c1-6-13-10(14-18-6)5-12-7-2-3-9(15(16)17)8(11)4-7/h2-4,12H,5H2,1H3. The Morgan fingerprint density at radius 3 is 2.89 bits per heavy atom. The van der Waals surface area contributed by atoms with Gasteiger partial charge in [0.25, 0.3) is 5.69 Å². The highest BCUT2D eigenvalue weighted by atomic mass is 127. The molecular formula is C10H9IN4O3. The fourth-order valence-corrected chi connectivity index (χ4v) is 2.07. The van der Waals surface area contributed by atoms with Crippen molar-refractivity contribution in [3.63, 3.8) is 0 Å². The Hall–Kier alpha value is -1.71. The predicted molar refractivity (Wildman–Crippen MR) is 72.2 cm³/mol. The fourth-order valence-electron chi connectivity index (χ4n) is 1.36. The van der Waals surface area contributed by atoms with Gasteiger partial charge in [0, 0.05) is 18.7 Å². The van der Waals surface area contributed by atoms with Gasteiger partial charge in [-0.25, -0.2) is 0 Å². The molecule has 7 nitrogen and oxygen atoms in total. The van der Waals surface area contributed by atoms with Gasteiger partial charge < -0.3 is 9.84 Å². The number of nitro groups is 1. The van der Waals surface area contributed by atoms with Crippen molar-refractivity contribution in [1.29, 1.82) is 0 Å². The second-order valence-corrected chi connectivity index (χ2v) is 4.67. The zero-order valence-electron chi connectivity index (χ0n) is 9.38. The Morgan fingerprint density at radius 2 is 2.33 bits per heavy atom. The maximum absolute atomic E-state index is 10.7. The molecule has 0 fully saturated rings. The lowest BCUT2D eigenvalue weighted by Gasteiger charge is -2.04. The summed E-state index contributed by atoms with van der Waals surface area (Å²) < 4.78 is 5.41. The van der Waals surface area contributed by atoms with Gasteiger partial charge in [0.05, 0.1) is 15.0 Å². The van der Waals surface area contributed by atoms with Crippen LogP contribution in [0.15, 0.2) is 22.7 Å². The van der Waals surface area contributed by atoms with Crippen LogP contribution in [0.3, 0.4) is 0 Å². The van der Waals surface area contributed by atoms with Crippen LogP contribution in [0.1, 0.15) is 11.7 Å². The number of aryl methyl sites for hydroxylation is 1. The van der Waals surface area contributed by atoms with Gasteiger partial charge in [0.1, 0.15) is 0 Å². The molecule has 0 saturated heterocycles. The van der Waals surface area contributed by atoms with Crippen LogP contribution in [0, 0.1) is 20.6 Å². The van der Waals surface area contributed by atoms with Crippen molar-refractivity contribution >= 4 is 34.0 Å². The lowest BCUT2D eigenvalue weighted by molar-refractivity contribution is -0.385. The molecule has 0 saturated carbocycles. The van der Waals surface area contributed by atoms with Gasteiger partial charge in [-0.15, -0.1) is 0 Å². The minimum atomic E-state index is -0.409. The van der Waals surface area contributed by atoms with Crippen molar-refractivity contribution < 1.29 is 9.45 Å². The van der Waals surface area contributed by atoms with Gasteiger partial charge in [-0.2, -0.15) is 4.98 Å². The van der Waals surface area contributed by atoms with Crippen molar-refractivity contribution in [1.82, 2.24) is 10.1 Å². The Morgan fingerprint density at radius 1 is 1.56 bits per heavy atom. The summed E-state index contributed by atoms with van der Waals surface area (Å²) in [5.74, 6) is 1.05. The number of hydrogen-bond donors (Lipinski definition) is 1. The highest BCUT2D eigenvalue weighted by molar-refractivity contribution is 14.1. The summed E-state index contributed by atoms with van der Waals surface area (Å²) in [5.41, 5.74) is 0.865. The largest absolute Gasteiger partial charge is 0.378 e. The first-order valence-electron chi connectivity index (χ1n) is 5.03. The van der Waals surface area contributed by atoms with Crippen LogP contribution < -0.4 is 5.32 Å². The summed E-state index contributed by atoms with van der Waals surface area (Å²) in [7, 11) is 0. The molecule has 1 aromatic heterocycles. The predicted octanol–water partition coefficient (Wildman–Crippen LogP) is 2.50. The first-order chi connectivity index (χ1) is 8.56. The monoisotopic (exact) mass is 360 g/mol. The molecule has 0 aliphatic rings. The number of anilines is 1. The molecule has 1 N–H and O–H groups in total. The third-order valence-corrected chi connectivity index (χ3v) is 3.03. The smallest absolute Gasteiger partial charge is 0.282 e. The first kappa shape index (κ1) is 12.7. The Bertz CT molecular complexity index is 584. The van der Waals surface area contributed by atoms with Crippen LogP contribution in [-0.4, -0.2) is 15.1 Å². The van der Waals surface area contributed by atoms with E-state index in [2.05, 4.69) is 15.5 Å². The number of nitro benzene ring substituents is 1. The van der Waals surface area contributed by atoms with Crippen molar-refractivity contribution in [2.75, 3.05) is 5.32 Å². The molecule has 2 aromatic rings. The SMILES string of the molecule is Cc1nc(CNc2ccc([N+](=O)[O-])c(I)c2)no1. The van der Waals surface area contributed by atoms with Crippen molar-refractivity contribution in [3.05, 3.63) is 43.6 Å². The molecule has 0 atom stereocenters. The highest BCUT2D eigenvalue weighted by Gasteiger charge is 2.11. The van der Waals surface area contributed by atoms with E-state index in [0.29, 0.717) is 21.8 Å². The first-order valence-corrected chi connectivity index (χ1v) is 6.11. The van der Waals surface area contributed by atoms with Crippen LogP contribution in [-0.2, 0) is 6.54 Å². The molecule has 0 spiro atoms. The number of halogens is 1. The molecule has 18 heavy (non-hydrogen) atoms. The number of benzene rings is 1. The van der Waals surface area contributed by atoms with Gasteiger partial charge in [-0.05, 0) is 34.7 Å². The molecule has 2 rings (SSSR count). The summed E-state index contributed by atoms with van der Waals surface area (Å²) in [6.45, 7) is 2.12. The topological polar surface area (TPSA) is 94.1 Å². The number of rotatable bonds is 4. The number of hydrogen-bond acceptors (Lipinski definition) is 6. The van der Waals surface area contributed by atoms with Gasteiger partial charge >= 0.3 is 0 Å². The van der Waals surface area contributed by atoms with E-state index >= 15 is 0 Å². The van der Waals surface area contributed by atoms with E-state index in [9.17, 15) is 10.1 Å². The maximum atomic E-state index is 10.7. The summed E-state index contributed by atoms with van der Waals surface area (Å²) in [5, 5.41) is 17.5. The third-order valence-electron chi connectivity index (χ3n) is 2.16. The fraction of sp³-hybridized carbons (Fsp3) is 0.200. The molecule has 0 bridgehead atoms. The van der Waals surface area contributed by atoms with E-state index in [4.69, 9.17) is 4.52 Å². The second-order valence-electron chi connectivity index (χ2n) is 3.51. The number of aromatic nitrogens is 2. The summed E-state index contributed by atoms with van der Waals surface area (Å²) in [6.07, 6.45) is 0. The second kappa shape index (κ2) is 5.29. The van der Waals surface area contributed by atoms with Crippen molar-refractivity contribution in [2.24, 2.45) is 0 Å². The normalized spacial score (nSPS) is 10.3. The lowest BCUT2D eigenvalue weighted by Crippen LogP contribution is -2.02. The van der Waals surface area contributed by atoms with Gasteiger partial charge in [0.2, 0.25) is 5.89 Å². The molecule has 1 aromatic carbocycles. The van der Waals surface area contributed by atoms with E-state index in [1.807, 2.05) is 22.6 Å². The van der Waals surface area contributed by atoms with Gasteiger partial charge in [-0.1, -0.05) is 5.16 Å². The number of nitrogens with zero attached hydrogens (tertiary/aromatic N) is 3. The van der Waals surface area contributed by atoms with Crippen LogP contribution in [0.5, 0.6) is 0 Å². The molecule has 0 aliphatic carbocycles. The van der Waals surface area contributed by atoms with E-state index < -0.39 is 4.92 Å². The minimum absolute atomic E-state index is 0.0940. The van der Waals surface area contributed by atoms with E-state index in [0.717, 1.165) is 5.69 Å². The van der Waals surface area contributed by atoms with Gasteiger partial charge in [0.15, 0.2) is 5.82 Å². The molecule has 1 heterocycles. The summed E-state index contributed by atoms with van der Waals surface area (Å²) in [4.78, 5) is 14.3. The van der Waals surface area contributed by atoms with Crippen LogP contribution in [0.2, 0.25) is 0 Å². The Labute approximate surface area is 116 Å². The van der Waals surface area contributed by atoms with Crippen LogP contribution >= 0.6 is 22.6 Å². The molecular weight excluding hydrogens is 351 g/mol. The van der Waals surface area contributed by atoms with E-state index in [1.165, 1.54) is 6.07 Å². The molecule has 0 amide bonds. The van der Waals surface area contributed by atoms with Crippen LogP contribution in [0.25, 0.3) is 0 Å². The number of nitrogens with one attached hydrogen (secondary N) is 1. The van der Waals surface area contributed by atoms with Gasteiger partial charge in [-0.3, -0.25) is 10.1 Å². The highest BCUT2D eigenvalue weighted by Crippen LogP contribution is 2.24. The zero-order valence-corrected chi connectivity index (χ0v) is 11.5. The summed E-state index contributed by atoms with van der Waals surface area (Å²) in [6, 6.07) is 4.81. The molecule has 0 unspecified atom stereocenters. The summed E-state index contributed by atoms with van der Waals surface area (Å²) >= 11 is 1.93. The van der Waals surface area contributed by atoms with Crippen molar-refractivity contribution in [3.8, 4) is 0 Å². The van der Waals surface area contributed by atoms with Crippen LogP contribution in [0.4, 0.5) is 11.4 Å². The van der Waals surface area contributed by atoms with Crippen molar-refractivity contribution in [2.45, 2.75) is 13.5 Å². The maximum Gasteiger partial charge on any atom is 0.282 e. The molecule has 0 aliphatic heterocycles. The quantitative estimate of drug-likeness (QED) is 0.512. The Kier molecular flexibility index (Phi) is 3.75. The average molecular weight is 360 g/mol. The minimum Gasteiger partial charge on any atom is -0.378 e. The lowest BCUT2D eigenvalue weighted by atomic mass is 10.3. The van der Waals surface area contributed by atoms with E-state index in [-0.39, 0.29) is 5.69 Å². The molecule has 0 radical (unpaired) electrons. The van der Waals surface area contributed by atoms with E-state index in [1.54, 1.807) is 19.1 Å². The molecule has 94 valence electrons.